The van der Waals surface area contributed by atoms with E-state index in [2.05, 4.69) is 10.6 Å². The van der Waals surface area contributed by atoms with E-state index in [1.807, 2.05) is 0 Å². The topological polar surface area (TPSA) is 105 Å². The van der Waals surface area contributed by atoms with Gasteiger partial charge in [0, 0.05) is 35.9 Å². The van der Waals surface area contributed by atoms with Gasteiger partial charge in [-0.05, 0) is 42.9 Å². The first-order chi connectivity index (χ1) is 15.2. The van der Waals surface area contributed by atoms with Crippen LogP contribution in [0.5, 0.6) is 0 Å². The number of alkyl halides is 2. The Morgan fingerprint density at radius 2 is 2.00 bits per heavy atom. The third kappa shape index (κ3) is 3.32. The maximum atomic E-state index is 12.9. The predicted molar refractivity (Wildman–Crippen MR) is 105 cm³/mol. The van der Waals surface area contributed by atoms with E-state index < -0.39 is 29.9 Å². The molecule has 10 heteroatoms. The molecule has 3 saturated carbocycles. The number of amides is 4. The van der Waals surface area contributed by atoms with Gasteiger partial charge >= 0.3 is 6.09 Å². The van der Waals surface area contributed by atoms with Crippen molar-refractivity contribution in [2.75, 3.05) is 6.61 Å². The van der Waals surface area contributed by atoms with Crippen LogP contribution in [0, 0.1) is 10.8 Å². The van der Waals surface area contributed by atoms with Crippen LogP contribution in [0.4, 0.5) is 13.6 Å². The molecule has 5 aliphatic rings. The third-order valence-corrected chi connectivity index (χ3v) is 7.18. The number of rotatable bonds is 6. The standard InChI is InChI=1S/C22H23F2N3O5/c23-19(24)22-8-21(9-22,10-22)11-32-20(31)25-6-12-1-2-13-7-27(18(30)14(13)5-12)15-3-4-16(28)26-17(15)29/h1-2,5,15,19H,3-4,6-11H2,(H,25,31)(H,26,28,29). The van der Waals surface area contributed by atoms with Crippen LogP contribution in [0.2, 0.25) is 0 Å². The molecule has 0 radical (unpaired) electrons. The van der Waals surface area contributed by atoms with E-state index in [4.69, 9.17) is 4.74 Å². The Kier molecular flexibility index (Phi) is 4.72. The lowest BCUT2D eigenvalue weighted by molar-refractivity contribution is -0.278. The Morgan fingerprint density at radius 3 is 2.69 bits per heavy atom. The molecule has 3 aliphatic carbocycles. The maximum Gasteiger partial charge on any atom is 0.407 e. The predicted octanol–water partition coefficient (Wildman–Crippen LogP) is 2.11. The second-order valence-electron chi connectivity index (χ2n) is 9.51. The molecule has 1 unspecified atom stereocenters. The minimum atomic E-state index is -2.31. The van der Waals surface area contributed by atoms with E-state index in [9.17, 15) is 28.0 Å². The van der Waals surface area contributed by atoms with E-state index in [0.29, 0.717) is 43.4 Å². The SMILES string of the molecule is O=C1CCC(N2Cc3ccc(CNC(=O)OCC45CC(C(F)F)(C4)C5)cc3C2=O)C(=O)N1. The van der Waals surface area contributed by atoms with Crippen molar-refractivity contribution in [1.29, 1.82) is 0 Å². The Labute approximate surface area is 182 Å². The average molecular weight is 447 g/mol. The number of halogens is 2. The number of ether oxygens (including phenoxy) is 1. The quantitative estimate of drug-likeness (QED) is 0.650. The van der Waals surface area contributed by atoms with Gasteiger partial charge in [0.15, 0.2) is 0 Å². The van der Waals surface area contributed by atoms with Gasteiger partial charge in [0.1, 0.15) is 6.04 Å². The highest BCUT2D eigenvalue weighted by Gasteiger charge is 2.72. The number of imide groups is 1. The molecule has 32 heavy (non-hydrogen) atoms. The number of piperidine rings is 1. The summed E-state index contributed by atoms with van der Waals surface area (Å²) in [7, 11) is 0. The van der Waals surface area contributed by atoms with Gasteiger partial charge in [0.2, 0.25) is 18.2 Å². The van der Waals surface area contributed by atoms with Gasteiger partial charge in [-0.15, -0.1) is 0 Å². The van der Waals surface area contributed by atoms with Crippen LogP contribution in [0.3, 0.4) is 0 Å². The summed E-state index contributed by atoms with van der Waals surface area (Å²) in [5, 5.41) is 4.89. The zero-order valence-corrected chi connectivity index (χ0v) is 17.3. The number of hydrogen-bond acceptors (Lipinski definition) is 5. The maximum absolute atomic E-state index is 12.9. The summed E-state index contributed by atoms with van der Waals surface area (Å²) >= 11 is 0. The average Bonchev–Trinajstić information content (AvgIpc) is 3.00. The molecule has 4 amide bonds. The summed E-state index contributed by atoms with van der Waals surface area (Å²) in [5.74, 6) is -1.08. The third-order valence-electron chi connectivity index (χ3n) is 7.18. The van der Waals surface area contributed by atoms with Crippen LogP contribution in [-0.2, 0) is 27.4 Å². The summed E-state index contributed by atoms with van der Waals surface area (Å²) < 4.78 is 31.0. The van der Waals surface area contributed by atoms with E-state index in [1.54, 1.807) is 18.2 Å². The van der Waals surface area contributed by atoms with E-state index in [-0.39, 0.29) is 36.8 Å². The Bertz CT molecular complexity index is 1010. The van der Waals surface area contributed by atoms with Crippen molar-refractivity contribution in [1.82, 2.24) is 15.5 Å². The Balaban J connectivity index is 1.13. The minimum absolute atomic E-state index is 0.136. The molecule has 170 valence electrons. The number of benzene rings is 1. The molecule has 1 aromatic carbocycles. The van der Waals surface area contributed by atoms with Crippen LogP contribution in [0.15, 0.2) is 18.2 Å². The number of alkyl carbamates (subject to hydrolysis) is 1. The van der Waals surface area contributed by atoms with Crippen LogP contribution in [-0.4, -0.2) is 47.8 Å². The van der Waals surface area contributed by atoms with Crippen molar-refractivity contribution in [3.8, 4) is 0 Å². The van der Waals surface area contributed by atoms with Crippen molar-refractivity contribution in [3.05, 3.63) is 34.9 Å². The molecule has 1 saturated heterocycles. The molecule has 8 nitrogen and oxygen atoms in total. The first-order valence-corrected chi connectivity index (χ1v) is 10.7. The molecule has 1 aromatic rings. The number of carbonyl (C=O) groups excluding carboxylic acids is 4. The highest BCUT2D eigenvalue weighted by Crippen LogP contribution is 2.75. The fourth-order valence-electron chi connectivity index (χ4n) is 5.63. The fraction of sp³-hybridized carbons (Fsp3) is 0.545. The molecule has 2 heterocycles. The van der Waals surface area contributed by atoms with Crippen LogP contribution in [0.25, 0.3) is 0 Å². The van der Waals surface area contributed by atoms with Gasteiger partial charge in [0.05, 0.1) is 6.61 Å². The second kappa shape index (κ2) is 7.25. The molecule has 6 rings (SSSR count). The van der Waals surface area contributed by atoms with Crippen LogP contribution < -0.4 is 10.6 Å². The zero-order chi connectivity index (χ0) is 22.7. The lowest BCUT2D eigenvalue weighted by atomic mass is 9.35. The van der Waals surface area contributed by atoms with E-state index in [1.165, 1.54) is 4.90 Å². The molecule has 2 bridgehead atoms. The van der Waals surface area contributed by atoms with Gasteiger partial charge < -0.3 is 15.0 Å². The molecule has 1 atom stereocenters. The number of hydrogen-bond donors (Lipinski definition) is 2. The summed E-state index contributed by atoms with van der Waals surface area (Å²) in [6.07, 6.45) is -1.24. The van der Waals surface area contributed by atoms with E-state index in [0.717, 1.165) is 5.56 Å². The van der Waals surface area contributed by atoms with Crippen LogP contribution in [0.1, 0.15) is 53.6 Å². The smallest absolute Gasteiger partial charge is 0.407 e. The first-order valence-electron chi connectivity index (χ1n) is 10.7. The molecule has 0 spiro atoms. The molecular weight excluding hydrogens is 424 g/mol. The molecule has 2 N–H and O–H groups in total. The molecule has 4 fully saturated rings. The first kappa shape index (κ1) is 20.8. The summed E-state index contributed by atoms with van der Waals surface area (Å²) in [6.45, 7) is 0.570. The highest BCUT2D eigenvalue weighted by molar-refractivity contribution is 6.05. The number of nitrogens with one attached hydrogen (secondary N) is 2. The lowest BCUT2D eigenvalue weighted by Gasteiger charge is -2.69. The summed E-state index contributed by atoms with van der Waals surface area (Å²) in [4.78, 5) is 49.8. The van der Waals surface area contributed by atoms with Crippen molar-refractivity contribution in [3.63, 3.8) is 0 Å². The Morgan fingerprint density at radius 1 is 1.25 bits per heavy atom. The van der Waals surface area contributed by atoms with Gasteiger partial charge in [0.25, 0.3) is 5.91 Å². The summed E-state index contributed by atoms with van der Waals surface area (Å²) in [6, 6.07) is 4.57. The fourth-order valence-corrected chi connectivity index (χ4v) is 5.63. The number of carbonyl (C=O) groups is 4. The molecule has 0 aromatic heterocycles. The monoisotopic (exact) mass is 447 g/mol. The summed E-state index contributed by atoms with van der Waals surface area (Å²) in [5.41, 5.74) is 0.809. The van der Waals surface area contributed by atoms with Crippen molar-refractivity contribution < 1.29 is 32.7 Å². The number of fused-ring (bicyclic) bond motifs is 1. The van der Waals surface area contributed by atoms with Gasteiger partial charge in [-0.2, -0.15) is 0 Å². The van der Waals surface area contributed by atoms with Gasteiger partial charge in [-0.25, -0.2) is 13.6 Å². The van der Waals surface area contributed by atoms with E-state index >= 15 is 0 Å². The largest absolute Gasteiger partial charge is 0.449 e. The molecular formula is C22H23F2N3O5. The van der Waals surface area contributed by atoms with Gasteiger partial charge in [-0.1, -0.05) is 12.1 Å². The molecule has 2 aliphatic heterocycles. The van der Waals surface area contributed by atoms with Crippen molar-refractivity contribution in [2.45, 2.75) is 57.7 Å². The van der Waals surface area contributed by atoms with Gasteiger partial charge in [-0.3, -0.25) is 19.7 Å². The minimum Gasteiger partial charge on any atom is -0.449 e. The van der Waals surface area contributed by atoms with Crippen molar-refractivity contribution >= 4 is 23.8 Å². The second-order valence-corrected chi connectivity index (χ2v) is 9.51. The number of nitrogens with zero attached hydrogens (tertiary/aromatic N) is 1. The zero-order valence-electron chi connectivity index (χ0n) is 17.3. The normalized spacial score (nSPS) is 30.4. The van der Waals surface area contributed by atoms with Crippen molar-refractivity contribution in [2.24, 2.45) is 10.8 Å². The highest BCUT2D eigenvalue weighted by atomic mass is 19.3. The van der Waals surface area contributed by atoms with Crippen LogP contribution >= 0.6 is 0 Å². The lowest BCUT2D eigenvalue weighted by Crippen LogP contribution is -2.66. The Hall–Kier alpha value is -3.04.